The number of hydrogen-bond acceptors (Lipinski definition) is 3. The van der Waals surface area contributed by atoms with Crippen LogP contribution in [0.1, 0.15) is 25.3 Å². The molecule has 1 N–H and O–H groups in total. The van der Waals surface area contributed by atoms with Gasteiger partial charge in [0.1, 0.15) is 6.04 Å². The third-order valence-electron chi connectivity index (χ3n) is 4.43. The fraction of sp³-hybridized carbons (Fsp3) is 0.500. The third-order valence-corrected chi connectivity index (χ3v) is 4.43. The second-order valence-corrected chi connectivity index (χ2v) is 5.61. The highest BCUT2D eigenvalue weighted by Crippen LogP contribution is 2.36. The molecule has 112 valence electrons. The number of para-hydroxylation sites is 1. The number of amides is 1. The van der Waals surface area contributed by atoms with Crippen molar-refractivity contribution in [2.75, 3.05) is 11.5 Å². The molecular formula is C16H19NO4. The molecule has 1 aromatic rings. The molecule has 0 saturated carbocycles. The van der Waals surface area contributed by atoms with E-state index in [0.717, 1.165) is 17.7 Å². The van der Waals surface area contributed by atoms with E-state index >= 15 is 0 Å². The van der Waals surface area contributed by atoms with Crippen LogP contribution in [0.25, 0.3) is 0 Å². The summed E-state index contributed by atoms with van der Waals surface area (Å²) in [6.45, 7) is 2.56. The van der Waals surface area contributed by atoms with Crippen molar-refractivity contribution in [1.29, 1.82) is 0 Å². The molecule has 3 atom stereocenters. The van der Waals surface area contributed by atoms with E-state index in [2.05, 4.69) is 0 Å². The first-order valence-electron chi connectivity index (χ1n) is 7.39. The van der Waals surface area contributed by atoms with Crippen molar-refractivity contribution < 1.29 is 19.4 Å². The highest BCUT2D eigenvalue weighted by Gasteiger charge is 2.43. The van der Waals surface area contributed by atoms with Gasteiger partial charge in [0.2, 0.25) is 5.91 Å². The fourth-order valence-corrected chi connectivity index (χ4v) is 3.37. The lowest BCUT2D eigenvalue weighted by atomic mass is 9.97. The maximum atomic E-state index is 12.9. The van der Waals surface area contributed by atoms with Crippen molar-refractivity contribution >= 4 is 17.6 Å². The molecule has 21 heavy (non-hydrogen) atoms. The summed E-state index contributed by atoms with van der Waals surface area (Å²) in [6.07, 6.45) is 1.72. The first-order chi connectivity index (χ1) is 10.1. The smallest absolute Gasteiger partial charge is 0.327 e. The van der Waals surface area contributed by atoms with Gasteiger partial charge >= 0.3 is 5.97 Å². The highest BCUT2D eigenvalue weighted by molar-refractivity contribution is 6.03. The summed E-state index contributed by atoms with van der Waals surface area (Å²) < 4.78 is 5.58. The Balaban J connectivity index is 1.94. The number of fused-ring (bicyclic) bond motifs is 1. The lowest BCUT2D eigenvalue weighted by molar-refractivity contribution is -0.140. The summed E-state index contributed by atoms with van der Waals surface area (Å²) in [5.74, 6) is -1.30. The van der Waals surface area contributed by atoms with Gasteiger partial charge in [-0.1, -0.05) is 25.1 Å². The zero-order valence-corrected chi connectivity index (χ0v) is 12.0. The van der Waals surface area contributed by atoms with Crippen molar-refractivity contribution in [2.45, 2.75) is 38.3 Å². The summed E-state index contributed by atoms with van der Waals surface area (Å²) in [5, 5.41) is 9.45. The van der Waals surface area contributed by atoms with E-state index in [9.17, 15) is 14.7 Å². The standard InChI is InChI=1S/C16H19NO4/c1-2-14-11(7-8-21-14)15(18)17-12-6-4-3-5-10(12)9-13(17)16(19)20/h3-6,11,13-14H,2,7-9H2,1H3,(H,19,20). The van der Waals surface area contributed by atoms with Crippen LogP contribution >= 0.6 is 0 Å². The van der Waals surface area contributed by atoms with Crippen LogP contribution < -0.4 is 4.90 Å². The van der Waals surface area contributed by atoms with Crippen LogP contribution in [0.5, 0.6) is 0 Å². The Morgan fingerprint density at radius 3 is 2.86 bits per heavy atom. The van der Waals surface area contributed by atoms with Gasteiger partial charge in [0, 0.05) is 18.7 Å². The van der Waals surface area contributed by atoms with E-state index in [4.69, 9.17) is 4.74 Å². The molecule has 0 radical (unpaired) electrons. The molecule has 1 saturated heterocycles. The predicted octanol–water partition coefficient (Wildman–Crippen LogP) is 1.84. The quantitative estimate of drug-likeness (QED) is 0.922. The number of hydrogen-bond donors (Lipinski definition) is 1. The minimum Gasteiger partial charge on any atom is -0.480 e. The Kier molecular flexibility index (Phi) is 3.68. The number of nitrogens with zero attached hydrogens (tertiary/aromatic N) is 1. The van der Waals surface area contributed by atoms with Crippen molar-refractivity contribution in [3.05, 3.63) is 29.8 Å². The van der Waals surface area contributed by atoms with Gasteiger partial charge in [-0.25, -0.2) is 4.79 Å². The van der Waals surface area contributed by atoms with Gasteiger partial charge in [-0.2, -0.15) is 0 Å². The molecule has 3 rings (SSSR count). The third kappa shape index (κ3) is 2.31. The van der Waals surface area contributed by atoms with E-state index in [1.807, 2.05) is 31.2 Å². The van der Waals surface area contributed by atoms with Gasteiger partial charge in [0.25, 0.3) is 0 Å². The molecule has 1 amide bonds. The number of anilines is 1. The molecule has 1 fully saturated rings. The van der Waals surface area contributed by atoms with Crippen LogP contribution in [0.4, 0.5) is 5.69 Å². The molecule has 2 aliphatic heterocycles. The molecule has 0 aromatic heterocycles. The van der Waals surface area contributed by atoms with Gasteiger partial charge < -0.3 is 9.84 Å². The summed E-state index contributed by atoms with van der Waals surface area (Å²) in [5.41, 5.74) is 1.65. The van der Waals surface area contributed by atoms with Crippen molar-refractivity contribution in [1.82, 2.24) is 0 Å². The van der Waals surface area contributed by atoms with E-state index < -0.39 is 12.0 Å². The largest absolute Gasteiger partial charge is 0.480 e. The topological polar surface area (TPSA) is 66.8 Å². The zero-order chi connectivity index (χ0) is 15.0. The van der Waals surface area contributed by atoms with Crippen LogP contribution in [0.2, 0.25) is 0 Å². The van der Waals surface area contributed by atoms with Crippen LogP contribution in [0.15, 0.2) is 24.3 Å². The predicted molar refractivity (Wildman–Crippen MR) is 77.2 cm³/mol. The van der Waals surface area contributed by atoms with Crippen molar-refractivity contribution in [2.24, 2.45) is 5.92 Å². The number of rotatable bonds is 3. The average molecular weight is 289 g/mol. The van der Waals surface area contributed by atoms with Crippen molar-refractivity contribution in [3.8, 4) is 0 Å². The molecule has 1 aromatic carbocycles. The van der Waals surface area contributed by atoms with Crippen LogP contribution in [0.3, 0.4) is 0 Å². The van der Waals surface area contributed by atoms with Crippen molar-refractivity contribution in [3.63, 3.8) is 0 Å². The van der Waals surface area contributed by atoms with Gasteiger partial charge in [0.05, 0.1) is 12.0 Å². The number of aliphatic carboxylic acids is 1. The number of carbonyl (C=O) groups excluding carboxylic acids is 1. The first-order valence-corrected chi connectivity index (χ1v) is 7.39. The lowest BCUT2D eigenvalue weighted by Gasteiger charge is -2.27. The SMILES string of the molecule is CCC1OCCC1C(=O)N1c2ccccc2CC1C(=O)O. The zero-order valence-electron chi connectivity index (χ0n) is 12.0. The van der Waals surface area contributed by atoms with Gasteiger partial charge in [-0.15, -0.1) is 0 Å². The molecule has 5 nitrogen and oxygen atoms in total. The van der Waals surface area contributed by atoms with Crippen LogP contribution in [0, 0.1) is 5.92 Å². The second-order valence-electron chi connectivity index (χ2n) is 5.61. The van der Waals surface area contributed by atoms with Crippen LogP contribution in [-0.2, 0) is 20.7 Å². The number of carboxylic acids is 1. The Bertz CT molecular complexity index is 571. The normalized spacial score (nSPS) is 27.7. The minimum absolute atomic E-state index is 0.0975. The molecule has 5 heteroatoms. The number of benzene rings is 1. The van der Waals surface area contributed by atoms with Crippen LogP contribution in [-0.4, -0.2) is 35.7 Å². The lowest BCUT2D eigenvalue weighted by Crippen LogP contribution is -2.47. The first kappa shape index (κ1) is 14.1. The number of ether oxygens (including phenoxy) is 1. The Hall–Kier alpha value is -1.88. The monoisotopic (exact) mass is 289 g/mol. The maximum Gasteiger partial charge on any atom is 0.327 e. The van der Waals surface area contributed by atoms with Gasteiger partial charge in [-0.3, -0.25) is 9.69 Å². The Morgan fingerprint density at radius 1 is 1.38 bits per heavy atom. The van der Waals surface area contributed by atoms with Gasteiger partial charge in [-0.05, 0) is 24.5 Å². The summed E-state index contributed by atoms with van der Waals surface area (Å²) in [6, 6.07) is 6.63. The molecule has 2 heterocycles. The molecule has 3 unspecified atom stereocenters. The molecule has 0 bridgehead atoms. The molecular weight excluding hydrogens is 270 g/mol. The second kappa shape index (κ2) is 5.48. The fourth-order valence-electron chi connectivity index (χ4n) is 3.37. The molecule has 0 aliphatic carbocycles. The highest BCUT2D eigenvalue weighted by atomic mass is 16.5. The minimum atomic E-state index is -0.952. The Labute approximate surface area is 123 Å². The van der Waals surface area contributed by atoms with E-state index in [1.165, 1.54) is 4.90 Å². The Morgan fingerprint density at radius 2 is 2.14 bits per heavy atom. The molecule has 2 aliphatic rings. The summed E-state index contributed by atoms with van der Waals surface area (Å²) in [4.78, 5) is 25.9. The van der Waals surface area contributed by atoms with Gasteiger partial charge in [0.15, 0.2) is 0 Å². The summed E-state index contributed by atoms with van der Waals surface area (Å²) >= 11 is 0. The molecule has 0 spiro atoms. The maximum absolute atomic E-state index is 12.9. The number of carboxylic acid groups (broad SMARTS) is 1. The summed E-state index contributed by atoms with van der Waals surface area (Å²) in [7, 11) is 0. The van der Waals surface area contributed by atoms with E-state index in [-0.39, 0.29) is 17.9 Å². The van der Waals surface area contributed by atoms with E-state index in [1.54, 1.807) is 0 Å². The van der Waals surface area contributed by atoms with E-state index in [0.29, 0.717) is 19.4 Å². The average Bonchev–Trinajstić information content (AvgIpc) is 3.10. The number of carbonyl (C=O) groups is 2.